The van der Waals surface area contributed by atoms with Crippen molar-refractivity contribution < 1.29 is 17.9 Å². The van der Waals surface area contributed by atoms with Crippen LogP contribution in [0.25, 0.3) is 0 Å². The van der Waals surface area contributed by atoms with Crippen molar-refractivity contribution in [2.24, 2.45) is 0 Å². The van der Waals surface area contributed by atoms with Gasteiger partial charge in [0, 0.05) is 4.47 Å². The molecule has 0 bridgehead atoms. The molecule has 22 heavy (non-hydrogen) atoms. The highest BCUT2D eigenvalue weighted by Crippen LogP contribution is 2.26. The summed E-state index contributed by atoms with van der Waals surface area (Å²) in [6.45, 7) is 9.51. The van der Waals surface area contributed by atoms with Crippen molar-refractivity contribution in [1.82, 2.24) is 0 Å². The van der Waals surface area contributed by atoms with Gasteiger partial charge in [0.05, 0.1) is 23.7 Å². The fourth-order valence-corrected chi connectivity index (χ4v) is 3.24. The van der Waals surface area contributed by atoms with E-state index in [0.29, 0.717) is 34.4 Å². The Morgan fingerprint density at radius 2 is 1.91 bits per heavy atom. The number of aryl methyl sites for hydroxylation is 1. The van der Waals surface area contributed by atoms with Crippen molar-refractivity contribution in [1.29, 1.82) is 0 Å². The Morgan fingerprint density at radius 1 is 1.27 bits per heavy atom. The summed E-state index contributed by atoms with van der Waals surface area (Å²) < 4.78 is 23.1. The Hall–Kier alpha value is -1.24. The molecule has 0 radical (unpaired) electrons. The van der Waals surface area contributed by atoms with E-state index in [1.807, 2.05) is 0 Å². The van der Waals surface area contributed by atoms with Gasteiger partial charge in [-0.25, -0.2) is 9.00 Å². The van der Waals surface area contributed by atoms with Crippen molar-refractivity contribution in [2.45, 2.75) is 24.7 Å². The number of hydrogen-bond acceptors (Lipinski definition) is 4. The summed E-state index contributed by atoms with van der Waals surface area (Å²) >= 11 is 1.69. The Morgan fingerprint density at radius 3 is 2.55 bits per heavy atom. The summed E-state index contributed by atoms with van der Waals surface area (Å²) in [5.41, 5.74) is 1.12. The second kappa shape index (κ2) is 9.71. The first-order chi connectivity index (χ1) is 10.5. The molecule has 0 saturated carbocycles. The predicted molar refractivity (Wildman–Crippen MR) is 91.1 cm³/mol. The molecule has 0 N–H and O–H groups in total. The van der Waals surface area contributed by atoms with Gasteiger partial charge < -0.3 is 4.74 Å². The first kappa shape index (κ1) is 18.8. The second-order valence-electron chi connectivity index (χ2n) is 4.44. The maximum absolute atomic E-state index is 12.1. The minimum Gasteiger partial charge on any atom is -0.462 e. The van der Waals surface area contributed by atoms with Crippen molar-refractivity contribution >= 4 is 33.0 Å². The van der Waals surface area contributed by atoms with Gasteiger partial charge in [0.25, 0.3) is 0 Å². The highest BCUT2D eigenvalue weighted by molar-refractivity contribution is 9.10. The summed E-state index contributed by atoms with van der Waals surface area (Å²) in [6, 6.07) is 3.27. The lowest BCUT2D eigenvalue weighted by Crippen LogP contribution is -2.10. The number of rotatable bonds is 9. The maximum atomic E-state index is 12.1. The molecule has 0 saturated heterocycles. The zero-order chi connectivity index (χ0) is 16.5. The number of benzene rings is 1. The van der Waals surface area contributed by atoms with Crippen LogP contribution in [0, 0.1) is 6.92 Å². The number of hydrogen-bond donors (Lipinski definition) is 0. The van der Waals surface area contributed by atoms with Crippen LogP contribution in [0.3, 0.4) is 0 Å². The quantitative estimate of drug-likeness (QED) is 0.364. The molecule has 1 rings (SSSR count). The van der Waals surface area contributed by atoms with Gasteiger partial charge in [-0.05, 0) is 53.4 Å². The van der Waals surface area contributed by atoms with Crippen LogP contribution in [0.2, 0.25) is 0 Å². The zero-order valence-corrected chi connectivity index (χ0v) is 14.9. The largest absolute Gasteiger partial charge is 0.462 e. The number of esters is 1. The Bertz CT molecular complexity index is 537. The Kier molecular flexibility index (Phi) is 8.30. The van der Waals surface area contributed by atoms with E-state index in [4.69, 9.17) is 8.92 Å². The molecule has 0 heterocycles. The maximum Gasteiger partial charge on any atom is 0.338 e. The standard InChI is InChI=1S/C16H19BrO4S/c1-4-6-8-20-16(18)13-11-15(14(17)10-12(13)3)22(19)21-9-7-5-2/h4-5,10-11H,1-2,6-9H2,3H3. The summed E-state index contributed by atoms with van der Waals surface area (Å²) in [7, 11) is 0. The van der Waals surface area contributed by atoms with Gasteiger partial charge in [-0.3, -0.25) is 4.18 Å². The third-order valence-corrected chi connectivity index (χ3v) is 4.74. The molecule has 0 spiro atoms. The van der Waals surface area contributed by atoms with Gasteiger partial charge >= 0.3 is 5.97 Å². The molecule has 0 aromatic heterocycles. The molecule has 6 heteroatoms. The van der Waals surface area contributed by atoms with E-state index in [-0.39, 0.29) is 6.61 Å². The monoisotopic (exact) mass is 386 g/mol. The van der Waals surface area contributed by atoms with Crippen LogP contribution in [0.5, 0.6) is 0 Å². The van der Waals surface area contributed by atoms with Crippen LogP contribution >= 0.6 is 15.9 Å². The van der Waals surface area contributed by atoms with Crippen LogP contribution in [-0.4, -0.2) is 23.4 Å². The van der Waals surface area contributed by atoms with Crippen molar-refractivity contribution in [3.05, 3.63) is 53.0 Å². The molecule has 1 aromatic rings. The van der Waals surface area contributed by atoms with E-state index in [0.717, 1.165) is 5.56 Å². The van der Waals surface area contributed by atoms with E-state index in [1.54, 1.807) is 31.2 Å². The first-order valence-electron chi connectivity index (χ1n) is 6.75. The van der Waals surface area contributed by atoms with Crippen LogP contribution in [0.4, 0.5) is 0 Å². The average Bonchev–Trinajstić information content (AvgIpc) is 2.47. The Balaban J connectivity index is 2.93. The molecule has 0 aliphatic heterocycles. The summed E-state index contributed by atoms with van der Waals surface area (Å²) in [4.78, 5) is 12.5. The van der Waals surface area contributed by atoms with E-state index in [1.165, 1.54) is 0 Å². The molecule has 0 aliphatic carbocycles. The topological polar surface area (TPSA) is 52.6 Å². The lowest BCUT2D eigenvalue weighted by atomic mass is 10.1. The van der Waals surface area contributed by atoms with Gasteiger partial charge in [0.2, 0.25) is 0 Å². The molecule has 0 aliphatic rings. The van der Waals surface area contributed by atoms with Crippen LogP contribution in [0.15, 0.2) is 46.8 Å². The van der Waals surface area contributed by atoms with E-state index < -0.39 is 17.0 Å². The van der Waals surface area contributed by atoms with E-state index >= 15 is 0 Å². The average molecular weight is 387 g/mol. The minimum atomic E-state index is -1.66. The molecular weight excluding hydrogens is 368 g/mol. The molecule has 0 fully saturated rings. The highest BCUT2D eigenvalue weighted by atomic mass is 79.9. The number of ether oxygens (including phenoxy) is 1. The molecule has 1 unspecified atom stereocenters. The van der Waals surface area contributed by atoms with Gasteiger partial charge in [-0.15, -0.1) is 13.2 Å². The van der Waals surface area contributed by atoms with Crippen LogP contribution in [0.1, 0.15) is 28.8 Å². The number of carbonyl (C=O) groups excluding carboxylic acids is 1. The van der Waals surface area contributed by atoms with Gasteiger partial charge in [-0.1, -0.05) is 12.2 Å². The third kappa shape index (κ3) is 5.51. The Labute approximate surface area is 142 Å². The minimum absolute atomic E-state index is 0.270. The number of carbonyl (C=O) groups is 1. The number of halogens is 1. The molecule has 1 atom stereocenters. The molecule has 0 amide bonds. The molecule has 1 aromatic carbocycles. The zero-order valence-electron chi connectivity index (χ0n) is 12.5. The first-order valence-corrected chi connectivity index (χ1v) is 8.62. The third-order valence-electron chi connectivity index (χ3n) is 2.75. The van der Waals surface area contributed by atoms with Crippen molar-refractivity contribution in [3.8, 4) is 0 Å². The van der Waals surface area contributed by atoms with E-state index in [2.05, 4.69) is 29.1 Å². The summed E-state index contributed by atoms with van der Waals surface area (Å²) in [6.07, 6.45) is 4.55. The normalized spacial score (nSPS) is 11.7. The second-order valence-corrected chi connectivity index (χ2v) is 6.44. The van der Waals surface area contributed by atoms with Crippen molar-refractivity contribution in [3.63, 3.8) is 0 Å². The fraction of sp³-hybridized carbons (Fsp3) is 0.312. The summed E-state index contributed by atoms with van der Waals surface area (Å²) in [5, 5.41) is 0. The smallest absolute Gasteiger partial charge is 0.338 e. The fourth-order valence-electron chi connectivity index (χ4n) is 1.58. The summed E-state index contributed by atoms with van der Waals surface area (Å²) in [5.74, 6) is -0.448. The lowest BCUT2D eigenvalue weighted by Gasteiger charge is -2.10. The van der Waals surface area contributed by atoms with Gasteiger partial charge in [0.15, 0.2) is 11.1 Å². The predicted octanol–water partition coefficient (Wildman–Crippen LogP) is 4.11. The van der Waals surface area contributed by atoms with Crippen molar-refractivity contribution in [2.75, 3.05) is 13.2 Å². The SMILES string of the molecule is C=CCCOC(=O)c1cc(S(=O)OCCC=C)c(Br)cc1C. The molecule has 4 nitrogen and oxygen atoms in total. The molecular formula is C16H19BrO4S. The van der Waals surface area contributed by atoms with Crippen LogP contribution in [-0.2, 0) is 20.0 Å². The van der Waals surface area contributed by atoms with Crippen LogP contribution < -0.4 is 0 Å². The molecule has 120 valence electrons. The van der Waals surface area contributed by atoms with Gasteiger partial charge in [0.1, 0.15) is 0 Å². The highest BCUT2D eigenvalue weighted by Gasteiger charge is 2.17. The van der Waals surface area contributed by atoms with Gasteiger partial charge in [-0.2, -0.15) is 0 Å². The lowest BCUT2D eigenvalue weighted by molar-refractivity contribution is 0.0510. The van der Waals surface area contributed by atoms with E-state index in [9.17, 15) is 9.00 Å².